The summed E-state index contributed by atoms with van der Waals surface area (Å²) in [4.78, 5) is 11.7. The van der Waals surface area contributed by atoms with Gasteiger partial charge >= 0.3 is 5.97 Å². The SMILES string of the molecule is CCOC(=O)C(O)c1ccccc1COc1ccccc1C. The zero-order valence-corrected chi connectivity index (χ0v) is 12.8. The second-order valence-corrected chi connectivity index (χ2v) is 4.91. The van der Waals surface area contributed by atoms with E-state index in [2.05, 4.69) is 0 Å². The molecular formula is C18H20O4. The van der Waals surface area contributed by atoms with Gasteiger partial charge in [0.15, 0.2) is 6.10 Å². The second-order valence-electron chi connectivity index (χ2n) is 4.91. The third-order valence-electron chi connectivity index (χ3n) is 3.34. The number of benzene rings is 2. The Morgan fingerprint density at radius 2 is 1.82 bits per heavy atom. The highest BCUT2D eigenvalue weighted by atomic mass is 16.5. The zero-order valence-electron chi connectivity index (χ0n) is 12.8. The standard InChI is InChI=1S/C18H20O4/c1-3-21-18(20)17(19)15-10-6-5-9-14(15)12-22-16-11-7-4-8-13(16)2/h4-11,17,19H,3,12H2,1-2H3. The molecule has 0 bridgehead atoms. The maximum atomic E-state index is 11.7. The summed E-state index contributed by atoms with van der Waals surface area (Å²) >= 11 is 0. The van der Waals surface area contributed by atoms with Crippen LogP contribution < -0.4 is 4.74 Å². The summed E-state index contributed by atoms with van der Waals surface area (Å²) in [5, 5.41) is 10.1. The van der Waals surface area contributed by atoms with Gasteiger partial charge in [0.05, 0.1) is 6.61 Å². The molecule has 4 nitrogen and oxygen atoms in total. The Kier molecular flexibility index (Phi) is 5.55. The highest BCUT2D eigenvalue weighted by Crippen LogP contribution is 2.23. The first-order valence-corrected chi connectivity index (χ1v) is 7.24. The van der Waals surface area contributed by atoms with Gasteiger partial charge in [0.1, 0.15) is 12.4 Å². The minimum absolute atomic E-state index is 0.234. The first-order valence-electron chi connectivity index (χ1n) is 7.24. The fraction of sp³-hybridized carbons (Fsp3) is 0.278. The van der Waals surface area contributed by atoms with Crippen molar-refractivity contribution in [1.29, 1.82) is 0 Å². The van der Waals surface area contributed by atoms with Gasteiger partial charge in [0.25, 0.3) is 0 Å². The number of para-hydroxylation sites is 1. The lowest BCUT2D eigenvalue weighted by Gasteiger charge is -2.15. The summed E-state index contributed by atoms with van der Waals surface area (Å²) in [5.41, 5.74) is 2.30. The van der Waals surface area contributed by atoms with Crippen LogP contribution >= 0.6 is 0 Å². The van der Waals surface area contributed by atoms with E-state index < -0.39 is 12.1 Å². The van der Waals surface area contributed by atoms with E-state index in [9.17, 15) is 9.90 Å². The molecule has 1 unspecified atom stereocenters. The molecule has 0 aliphatic rings. The lowest BCUT2D eigenvalue weighted by atomic mass is 10.0. The summed E-state index contributed by atoms with van der Waals surface area (Å²) in [6.45, 7) is 4.18. The molecule has 0 aliphatic heterocycles. The second kappa shape index (κ2) is 7.61. The maximum absolute atomic E-state index is 11.7. The molecule has 0 amide bonds. The third-order valence-corrected chi connectivity index (χ3v) is 3.34. The predicted octanol–water partition coefficient (Wildman–Crippen LogP) is 3.17. The number of carbonyl (C=O) groups is 1. The smallest absolute Gasteiger partial charge is 0.339 e. The normalized spacial score (nSPS) is 11.8. The number of carbonyl (C=O) groups excluding carboxylic acids is 1. The molecule has 0 saturated carbocycles. The summed E-state index contributed by atoms with van der Waals surface area (Å²) in [5.74, 6) is 0.133. The van der Waals surface area contributed by atoms with Crippen molar-refractivity contribution < 1.29 is 19.4 Å². The van der Waals surface area contributed by atoms with Crippen molar-refractivity contribution >= 4 is 5.97 Å². The number of aliphatic hydroxyl groups excluding tert-OH is 1. The molecule has 0 aliphatic carbocycles. The summed E-state index contributed by atoms with van der Waals surface area (Å²) in [6, 6.07) is 14.9. The number of rotatable bonds is 6. The van der Waals surface area contributed by atoms with E-state index in [1.807, 2.05) is 43.3 Å². The molecule has 4 heteroatoms. The molecule has 0 aromatic heterocycles. The van der Waals surface area contributed by atoms with E-state index in [1.54, 1.807) is 19.1 Å². The number of hydrogen-bond donors (Lipinski definition) is 1. The van der Waals surface area contributed by atoms with Crippen LogP contribution in [-0.2, 0) is 16.1 Å². The first kappa shape index (κ1) is 16.0. The molecule has 2 aromatic rings. The topological polar surface area (TPSA) is 55.8 Å². The summed E-state index contributed by atoms with van der Waals surface area (Å²) in [7, 11) is 0. The van der Waals surface area contributed by atoms with Crippen molar-refractivity contribution in [2.24, 2.45) is 0 Å². The maximum Gasteiger partial charge on any atom is 0.339 e. The van der Waals surface area contributed by atoms with Crippen LogP contribution in [0, 0.1) is 6.92 Å². The van der Waals surface area contributed by atoms with Crippen LogP contribution in [0.3, 0.4) is 0 Å². The van der Waals surface area contributed by atoms with Crippen molar-refractivity contribution in [3.05, 3.63) is 65.2 Å². The average Bonchev–Trinajstić information content (AvgIpc) is 2.54. The summed E-state index contributed by atoms with van der Waals surface area (Å²) in [6.07, 6.45) is -1.29. The van der Waals surface area contributed by atoms with Crippen LogP contribution in [0.2, 0.25) is 0 Å². The molecule has 2 rings (SSSR count). The van der Waals surface area contributed by atoms with Crippen molar-refractivity contribution in [2.45, 2.75) is 26.6 Å². The number of ether oxygens (including phenoxy) is 2. The van der Waals surface area contributed by atoms with E-state index in [4.69, 9.17) is 9.47 Å². The van der Waals surface area contributed by atoms with Crippen molar-refractivity contribution in [3.63, 3.8) is 0 Å². The molecule has 0 fully saturated rings. The van der Waals surface area contributed by atoms with Crippen LogP contribution in [0.4, 0.5) is 0 Å². The molecule has 0 spiro atoms. The molecule has 0 radical (unpaired) electrons. The molecule has 0 heterocycles. The van der Waals surface area contributed by atoms with E-state index in [1.165, 1.54) is 0 Å². The Labute approximate surface area is 130 Å². The van der Waals surface area contributed by atoms with E-state index >= 15 is 0 Å². The third kappa shape index (κ3) is 3.86. The van der Waals surface area contributed by atoms with Gasteiger partial charge in [-0.2, -0.15) is 0 Å². The van der Waals surface area contributed by atoms with Gasteiger partial charge in [-0.3, -0.25) is 0 Å². The van der Waals surface area contributed by atoms with E-state index in [-0.39, 0.29) is 13.2 Å². The lowest BCUT2D eigenvalue weighted by molar-refractivity contribution is -0.153. The Hall–Kier alpha value is -2.33. The van der Waals surface area contributed by atoms with Gasteiger partial charge in [-0.1, -0.05) is 42.5 Å². The molecule has 22 heavy (non-hydrogen) atoms. The van der Waals surface area contributed by atoms with E-state index in [0.717, 1.165) is 16.9 Å². The van der Waals surface area contributed by atoms with Crippen molar-refractivity contribution in [3.8, 4) is 5.75 Å². The van der Waals surface area contributed by atoms with Crippen LogP contribution in [0.5, 0.6) is 5.75 Å². The Balaban J connectivity index is 2.15. The zero-order chi connectivity index (χ0) is 15.9. The van der Waals surface area contributed by atoms with Crippen LogP contribution in [0.25, 0.3) is 0 Å². The number of esters is 1. The summed E-state index contributed by atoms with van der Waals surface area (Å²) < 4.78 is 10.7. The molecule has 0 saturated heterocycles. The lowest BCUT2D eigenvalue weighted by Crippen LogP contribution is -2.17. The predicted molar refractivity (Wildman–Crippen MR) is 83.5 cm³/mol. The quantitative estimate of drug-likeness (QED) is 0.833. The largest absolute Gasteiger partial charge is 0.489 e. The van der Waals surface area contributed by atoms with Crippen LogP contribution in [-0.4, -0.2) is 17.7 Å². The van der Waals surface area contributed by atoms with Gasteiger partial charge in [0, 0.05) is 0 Å². The highest BCUT2D eigenvalue weighted by molar-refractivity contribution is 5.76. The first-order chi connectivity index (χ1) is 10.6. The van der Waals surface area contributed by atoms with Gasteiger partial charge in [-0.15, -0.1) is 0 Å². The Morgan fingerprint density at radius 3 is 2.55 bits per heavy atom. The fourth-order valence-electron chi connectivity index (χ4n) is 2.15. The number of aryl methyl sites for hydroxylation is 1. The van der Waals surface area contributed by atoms with Gasteiger partial charge in [0.2, 0.25) is 0 Å². The Bertz CT molecular complexity index is 636. The molecule has 1 N–H and O–H groups in total. The van der Waals surface area contributed by atoms with Crippen molar-refractivity contribution in [1.82, 2.24) is 0 Å². The van der Waals surface area contributed by atoms with Gasteiger partial charge in [-0.05, 0) is 36.6 Å². The minimum Gasteiger partial charge on any atom is -0.489 e. The van der Waals surface area contributed by atoms with E-state index in [0.29, 0.717) is 5.56 Å². The molecule has 1 atom stereocenters. The minimum atomic E-state index is -1.29. The highest BCUT2D eigenvalue weighted by Gasteiger charge is 2.21. The molecular weight excluding hydrogens is 280 g/mol. The van der Waals surface area contributed by atoms with Crippen molar-refractivity contribution in [2.75, 3.05) is 6.61 Å². The van der Waals surface area contributed by atoms with Crippen LogP contribution in [0.1, 0.15) is 29.7 Å². The van der Waals surface area contributed by atoms with Crippen LogP contribution in [0.15, 0.2) is 48.5 Å². The van der Waals surface area contributed by atoms with Gasteiger partial charge in [-0.25, -0.2) is 4.79 Å². The number of aliphatic hydroxyl groups is 1. The number of hydrogen-bond acceptors (Lipinski definition) is 4. The molecule has 116 valence electrons. The van der Waals surface area contributed by atoms with Gasteiger partial charge < -0.3 is 14.6 Å². The average molecular weight is 300 g/mol. The Morgan fingerprint density at radius 1 is 1.14 bits per heavy atom. The fourth-order valence-corrected chi connectivity index (χ4v) is 2.15. The molecule has 2 aromatic carbocycles. The monoisotopic (exact) mass is 300 g/mol.